The van der Waals surface area contributed by atoms with Gasteiger partial charge in [0.15, 0.2) is 0 Å². The van der Waals surface area contributed by atoms with E-state index in [1.165, 1.54) is 0 Å². The van der Waals surface area contributed by atoms with Gasteiger partial charge in [0.25, 0.3) is 0 Å². The zero-order valence-electron chi connectivity index (χ0n) is 11.3. The van der Waals surface area contributed by atoms with Gasteiger partial charge in [0.05, 0.1) is 6.04 Å². The Bertz CT molecular complexity index is 399. The Hall–Kier alpha value is -1.39. The first-order valence-corrected chi connectivity index (χ1v) is 6.99. The minimum atomic E-state index is -0.433. The maximum Gasteiger partial charge on any atom is 0.239 e. The highest BCUT2D eigenvalue weighted by Crippen LogP contribution is 2.16. The molecule has 0 radical (unpaired) electrons. The third-order valence-corrected chi connectivity index (χ3v) is 3.88. The number of carbonyl (C=O) groups excluding carboxylic acids is 1. The number of amides is 1. The Balaban J connectivity index is 1.86. The lowest BCUT2D eigenvalue weighted by Crippen LogP contribution is -2.48. The Morgan fingerprint density at radius 3 is 2.47 bits per heavy atom. The zero-order valence-corrected chi connectivity index (χ0v) is 11.3. The number of rotatable bonds is 4. The largest absolute Gasteiger partial charge is 0.341 e. The van der Waals surface area contributed by atoms with Crippen LogP contribution in [0, 0.1) is 5.92 Å². The molecule has 0 bridgehead atoms. The summed E-state index contributed by atoms with van der Waals surface area (Å²) in [5.74, 6) is 0.633. The summed E-state index contributed by atoms with van der Waals surface area (Å²) in [5, 5.41) is 0. The van der Waals surface area contributed by atoms with Crippen molar-refractivity contribution in [3.8, 4) is 0 Å². The van der Waals surface area contributed by atoms with Gasteiger partial charge >= 0.3 is 0 Å². The van der Waals surface area contributed by atoms with Gasteiger partial charge in [-0.15, -0.1) is 0 Å². The van der Waals surface area contributed by atoms with Crippen LogP contribution in [0.2, 0.25) is 0 Å². The number of nitrogens with zero attached hydrogens (tertiary/aromatic N) is 1. The van der Waals surface area contributed by atoms with Gasteiger partial charge in [0, 0.05) is 13.1 Å². The summed E-state index contributed by atoms with van der Waals surface area (Å²) in [6.45, 7) is 2.31. The van der Waals surface area contributed by atoms with E-state index in [0.717, 1.165) is 38.0 Å². The smallest absolute Gasteiger partial charge is 0.239 e. The monoisotopic (exact) mass is 261 g/mol. The molecule has 1 unspecified atom stereocenters. The number of hydrogen-bond acceptors (Lipinski definition) is 3. The first-order chi connectivity index (χ1) is 9.20. The molecule has 1 aromatic rings. The van der Waals surface area contributed by atoms with E-state index in [1.807, 2.05) is 35.2 Å². The second-order valence-electron chi connectivity index (χ2n) is 5.30. The van der Waals surface area contributed by atoms with Crippen LogP contribution < -0.4 is 11.5 Å². The Kier molecular flexibility index (Phi) is 4.93. The number of hydrogen-bond donors (Lipinski definition) is 2. The van der Waals surface area contributed by atoms with Crippen LogP contribution in [-0.2, 0) is 11.2 Å². The van der Waals surface area contributed by atoms with Crippen LogP contribution in [0.1, 0.15) is 18.4 Å². The summed E-state index contributed by atoms with van der Waals surface area (Å²) in [7, 11) is 0. The van der Waals surface area contributed by atoms with Crippen molar-refractivity contribution in [2.45, 2.75) is 25.3 Å². The highest BCUT2D eigenvalue weighted by Gasteiger charge is 2.25. The van der Waals surface area contributed by atoms with Crippen LogP contribution in [0.3, 0.4) is 0 Å². The van der Waals surface area contributed by atoms with Crippen molar-refractivity contribution in [1.29, 1.82) is 0 Å². The minimum Gasteiger partial charge on any atom is -0.341 e. The number of likely N-dealkylation sites (tertiary alicyclic amines) is 1. The summed E-state index contributed by atoms with van der Waals surface area (Å²) in [6.07, 6.45) is 2.61. The van der Waals surface area contributed by atoms with Crippen molar-refractivity contribution >= 4 is 5.91 Å². The van der Waals surface area contributed by atoms with Crippen molar-refractivity contribution in [1.82, 2.24) is 4.90 Å². The van der Waals surface area contributed by atoms with E-state index in [9.17, 15) is 4.79 Å². The molecular formula is C15H23N3O. The fourth-order valence-electron chi connectivity index (χ4n) is 2.58. The molecule has 2 rings (SSSR count). The fraction of sp³-hybridized carbons (Fsp3) is 0.533. The molecule has 0 aromatic heterocycles. The molecule has 1 heterocycles. The first kappa shape index (κ1) is 14.0. The molecule has 1 fully saturated rings. The highest BCUT2D eigenvalue weighted by molar-refractivity contribution is 5.82. The van der Waals surface area contributed by atoms with Crippen molar-refractivity contribution in [3.05, 3.63) is 35.9 Å². The maximum atomic E-state index is 12.3. The van der Waals surface area contributed by atoms with Gasteiger partial charge in [-0.05, 0) is 37.3 Å². The molecule has 4 nitrogen and oxygen atoms in total. The van der Waals surface area contributed by atoms with Gasteiger partial charge in [-0.3, -0.25) is 4.79 Å². The van der Waals surface area contributed by atoms with Gasteiger partial charge in [0.1, 0.15) is 0 Å². The molecule has 1 amide bonds. The molecule has 1 aliphatic heterocycles. The van der Waals surface area contributed by atoms with Crippen LogP contribution in [0.4, 0.5) is 0 Å². The molecule has 1 aromatic carbocycles. The van der Waals surface area contributed by atoms with Crippen LogP contribution >= 0.6 is 0 Å². The molecule has 104 valence electrons. The van der Waals surface area contributed by atoms with Crippen LogP contribution in [0.5, 0.6) is 0 Å². The molecule has 0 aliphatic carbocycles. The molecular weight excluding hydrogens is 238 g/mol. The van der Waals surface area contributed by atoms with Gasteiger partial charge in [-0.1, -0.05) is 30.3 Å². The van der Waals surface area contributed by atoms with Gasteiger partial charge in [-0.25, -0.2) is 0 Å². The van der Waals surface area contributed by atoms with Gasteiger partial charge in [-0.2, -0.15) is 0 Å². The Labute approximate surface area is 114 Å². The zero-order chi connectivity index (χ0) is 13.7. The van der Waals surface area contributed by atoms with Crippen molar-refractivity contribution < 1.29 is 4.79 Å². The van der Waals surface area contributed by atoms with E-state index < -0.39 is 6.04 Å². The number of carbonyl (C=O) groups is 1. The number of piperidine rings is 1. The summed E-state index contributed by atoms with van der Waals surface area (Å²) >= 11 is 0. The summed E-state index contributed by atoms with van der Waals surface area (Å²) in [6, 6.07) is 9.49. The second-order valence-corrected chi connectivity index (χ2v) is 5.30. The average molecular weight is 261 g/mol. The molecule has 0 spiro atoms. The van der Waals surface area contributed by atoms with Crippen LogP contribution in [0.15, 0.2) is 30.3 Å². The summed E-state index contributed by atoms with van der Waals surface area (Å²) < 4.78 is 0. The summed E-state index contributed by atoms with van der Waals surface area (Å²) in [5.41, 5.74) is 12.8. The van der Waals surface area contributed by atoms with Crippen LogP contribution in [0.25, 0.3) is 0 Å². The Morgan fingerprint density at radius 1 is 1.26 bits per heavy atom. The maximum absolute atomic E-state index is 12.3. The molecule has 4 heteroatoms. The molecule has 1 atom stereocenters. The van der Waals surface area contributed by atoms with E-state index in [0.29, 0.717) is 12.3 Å². The quantitative estimate of drug-likeness (QED) is 0.840. The van der Waals surface area contributed by atoms with Crippen molar-refractivity contribution in [2.24, 2.45) is 17.4 Å². The third kappa shape index (κ3) is 3.78. The van der Waals surface area contributed by atoms with Crippen molar-refractivity contribution in [3.63, 3.8) is 0 Å². The molecule has 19 heavy (non-hydrogen) atoms. The summed E-state index contributed by atoms with van der Waals surface area (Å²) in [4.78, 5) is 14.2. The lowest BCUT2D eigenvalue weighted by molar-refractivity contribution is -0.133. The fourth-order valence-corrected chi connectivity index (χ4v) is 2.58. The van der Waals surface area contributed by atoms with E-state index in [4.69, 9.17) is 11.5 Å². The van der Waals surface area contributed by atoms with Gasteiger partial charge < -0.3 is 16.4 Å². The number of nitrogens with two attached hydrogens (primary N) is 2. The number of benzene rings is 1. The normalized spacial score (nSPS) is 18.3. The molecule has 4 N–H and O–H groups in total. The molecule has 1 aliphatic rings. The van der Waals surface area contributed by atoms with Crippen LogP contribution in [-0.4, -0.2) is 36.5 Å². The average Bonchev–Trinajstić information content (AvgIpc) is 2.47. The standard InChI is InChI=1S/C15H23N3O/c16-11-13-6-8-18(9-7-13)15(19)14(17)10-12-4-2-1-3-5-12/h1-5,13-14H,6-11,16-17H2. The van der Waals surface area contributed by atoms with Gasteiger partial charge in [0.2, 0.25) is 5.91 Å². The molecule has 1 saturated heterocycles. The topological polar surface area (TPSA) is 72.3 Å². The van der Waals surface area contributed by atoms with Crippen molar-refractivity contribution in [2.75, 3.05) is 19.6 Å². The highest BCUT2D eigenvalue weighted by atomic mass is 16.2. The lowest BCUT2D eigenvalue weighted by atomic mass is 9.96. The van der Waals surface area contributed by atoms with E-state index >= 15 is 0 Å². The third-order valence-electron chi connectivity index (χ3n) is 3.88. The predicted molar refractivity (Wildman–Crippen MR) is 76.5 cm³/mol. The van der Waals surface area contributed by atoms with E-state index in [1.54, 1.807) is 0 Å². The lowest BCUT2D eigenvalue weighted by Gasteiger charge is -2.33. The first-order valence-electron chi connectivity index (χ1n) is 6.99. The predicted octanol–water partition coefficient (Wildman–Crippen LogP) is 0.754. The molecule has 0 saturated carbocycles. The van der Waals surface area contributed by atoms with E-state index in [-0.39, 0.29) is 5.91 Å². The minimum absolute atomic E-state index is 0.0688. The Morgan fingerprint density at radius 2 is 1.89 bits per heavy atom. The second kappa shape index (κ2) is 6.68. The SMILES string of the molecule is NCC1CCN(C(=O)C(N)Cc2ccccc2)CC1. The van der Waals surface area contributed by atoms with E-state index in [2.05, 4.69) is 0 Å².